The van der Waals surface area contributed by atoms with Crippen LogP contribution in [0, 0.1) is 10.1 Å². The lowest BCUT2D eigenvalue weighted by Crippen LogP contribution is -2.37. The average molecular weight is 466 g/mol. The molecule has 0 radical (unpaired) electrons. The van der Waals surface area contributed by atoms with Gasteiger partial charge in [0.15, 0.2) is 11.5 Å². The number of hydrazone groups is 1. The first-order chi connectivity index (χ1) is 16.5. The van der Waals surface area contributed by atoms with E-state index in [4.69, 9.17) is 9.47 Å². The van der Waals surface area contributed by atoms with Gasteiger partial charge in [0.25, 0.3) is 5.69 Å². The van der Waals surface area contributed by atoms with Gasteiger partial charge in [-0.25, -0.2) is 5.43 Å². The summed E-state index contributed by atoms with van der Waals surface area (Å²) in [6.45, 7) is 2.36. The van der Waals surface area contributed by atoms with E-state index in [-0.39, 0.29) is 23.3 Å². The van der Waals surface area contributed by atoms with Crippen LogP contribution in [0.1, 0.15) is 5.56 Å². The fraction of sp³-hybridized carbons (Fsp3) is 0.238. The molecule has 2 heterocycles. The third kappa shape index (κ3) is 5.63. The Morgan fingerprint density at radius 2 is 1.88 bits per heavy atom. The normalized spacial score (nSPS) is 13.6. The molecule has 3 N–H and O–H groups in total. The number of nitro benzene ring substituents is 1. The number of hydrogen-bond donors (Lipinski definition) is 3. The molecule has 0 amide bonds. The van der Waals surface area contributed by atoms with Gasteiger partial charge in [-0.3, -0.25) is 10.1 Å². The third-order valence-electron chi connectivity index (χ3n) is 4.83. The van der Waals surface area contributed by atoms with E-state index >= 15 is 0 Å². The molecule has 0 bridgehead atoms. The Bertz CT molecular complexity index is 1180. The Balaban J connectivity index is 1.56. The van der Waals surface area contributed by atoms with E-state index < -0.39 is 4.92 Å². The zero-order valence-corrected chi connectivity index (χ0v) is 18.2. The number of ether oxygens (including phenoxy) is 2. The Morgan fingerprint density at radius 1 is 1.15 bits per heavy atom. The molecule has 1 aromatic heterocycles. The molecule has 0 saturated carbocycles. The first kappa shape index (κ1) is 22.7. The molecule has 1 saturated heterocycles. The largest absolute Gasteiger partial charge is 0.504 e. The van der Waals surface area contributed by atoms with Crippen LogP contribution in [0.4, 0.5) is 29.2 Å². The highest BCUT2D eigenvalue weighted by Gasteiger charge is 2.17. The van der Waals surface area contributed by atoms with E-state index in [1.807, 2.05) is 4.90 Å². The SMILES string of the molecule is COc1cc(/C=N\Nc2nc(Nc3ccc([N+](=O)[O-])cc3)nc(N3CCOCC3)n2)ccc1O. The van der Waals surface area contributed by atoms with Crippen molar-refractivity contribution < 1.29 is 19.5 Å². The lowest BCUT2D eigenvalue weighted by atomic mass is 10.2. The summed E-state index contributed by atoms with van der Waals surface area (Å²) in [5, 5.41) is 27.8. The highest BCUT2D eigenvalue weighted by Crippen LogP contribution is 2.25. The smallest absolute Gasteiger partial charge is 0.269 e. The molecule has 0 aliphatic carbocycles. The molecule has 13 heteroatoms. The van der Waals surface area contributed by atoms with Crippen LogP contribution in [0.2, 0.25) is 0 Å². The predicted molar refractivity (Wildman–Crippen MR) is 125 cm³/mol. The van der Waals surface area contributed by atoms with Crippen molar-refractivity contribution in [3.8, 4) is 11.5 Å². The summed E-state index contributed by atoms with van der Waals surface area (Å²) >= 11 is 0. The van der Waals surface area contributed by atoms with Crippen LogP contribution in [-0.2, 0) is 4.74 Å². The van der Waals surface area contributed by atoms with E-state index in [2.05, 4.69) is 30.8 Å². The molecule has 1 aliphatic heterocycles. The summed E-state index contributed by atoms with van der Waals surface area (Å²) in [6.07, 6.45) is 1.53. The summed E-state index contributed by atoms with van der Waals surface area (Å²) in [5.74, 6) is 1.24. The van der Waals surface area contributed by atoms with Crippen molar-refractivity contribution >= 4 is 35.4 Å². The van der Waals surface area contributed by atoms with Crippen LogP contribution >= 0.6 is 0 Å². The summed E-state index contributed by atoms with van der Waals surface area (Å²) in [6, 6.07) is 10.7. The first-order valence-corrected chi connectivity index (χ1v) is 10.3. The van der Waals surface area contributed by atoms with Gasteiger partial charge in [-0.2, -0.15) is 20.1 Å². The monoisotopic (exact) mass is 466 g/mol. The van der Waals surface area contributed by atoms with Crippen molar-refractivity contribution in [2.24, 2.45) is 5.10 Å². The first-order valence-electron chi connectivity index (χ1n) is 10.3. The molecule has 34 heavy (non-hydrogen) atoms. The van der Waals surface area contributed by atoms with Gasteiger partial charge in [0, 0.05) is 30.9 Å². The van der Waals surface area contributed by atoms with Gasteiger partial charge < -0.3 is 24.8 Å². The average Bonchev–Trinajstić information content (AvgIpc) is 2.86. The van der Waals surface area contributed by atoms with E-state index in [1.54, 1.807) is 24.3 Å². The minimum atomic E-state index is -0.465. The second kappa shape index (κ2) is 10.4. The maximum atomic E-state index is 10.9. The quantitative estimate of drug-likeness (QED) is 0.254. The minimum absolute atomic E-state index is 0.0160. The van der Waals surface area contributed by atoms with Crippen LogP contribution in [0.3, 0.4) is 0 Å². The number of phenols is 1. The number of phenolic OH excluding ortho intramolecular Hbond substituents is 1. The number of anilines is 4. The molecule has 0 atom stereocenters. The van der Waals surface area contributed by atoms with Gasteiger partial charge in [-0.05, 0) is 35.9 Å². The Hall–Kier alpha value is -4.52. The van der Waals surface area contributed by atoms with Gasteiger partial charge in [-0.1, -0.05) is 0 Å². The molecular formula is C21H22N8O5. The molecule has 0 unspecified atom stereocenters. The summed E-state index contributed by atoms with van der Waals surface area (Å²) in [5.41, 5.74) is 4.04. The summed E-state index contributed by atoms with van der Waals surface area (Å²) in [4.78, 5) is 25.6. The molecular weight excluding hydrogens is 444 g/mol. The molecule has 0 spiro atoms. The van der Waals surface area contributed by atoms with Crippen molar-refractivity contribution in [2.75, 3.05) is 49.1 Å². The number of methoxy groups -OCH3 is 1. The Kier molecular flexibility index (Phi) is 6.93. The number of aromatic nitrogens is 3. The molecule has 176 valence electrons. The molecule has 3 aromatic rings. The van der Waals surface area contributed by atoms with Crippen molar-refractivity contribution in [2.45, 2.75) is 0 Å². The zero-order chi connectivity index (χ0) is 23.9. The van der Waals surface area contributed by atoms with Gasteiger partial charge in [-0.15, -0.1) is 0 Å². The van der Waals surface area contributed by atoms with Gasteiger partial charge >= 0.3 is 0 Å². The Morgan fingerprint density at radius 3 is 2.59 bits per heavy atom. The minimum Gasteiger partial charge on any atom is -0.504 e. The van der Waals surface area contributed by atoms with Gasteiger partial charge in [0.1, 0.15) is 0 Å². The number of nitrogens with one attached hydrogen (secondary N) is 2. The number of nitro groups is 1. The zero-order valence-electron chi connectivity index (χ0n) is 18.2. The number of non-ortho nitro benzene ring substituents is 1. The fourth-order valence-corrected chi connectivity index (χ4v) is 3.11. The molecule has 2 aromatic carbocycles. The summed E-state index contributed by atoms with van der Waals surface area (Å²) in [7, 11) is 1.46. The van der Waals surface area contributed by atoms with Crippen molar-refractivity contribution in [1.82, 2.24) is 15.0 Å². The number of aromatic hydroxyl groups is 1. The topological polar surface area (TPSA) is 160 Å². The van der Waals surface area contributed by atoms with Crippen LogP contribution in [0.25, 0.3) is 0 Å². The number of hydrogen-bond acceptors (Lipinski definition) is 12. The second-order valence-corrected chi connectivity index (χ2v) is 7.11. The predicted octanol–water partition coefficient (Wildman–Crippen LogP) is 2.52. The van der Waals surface area contributed by atoms with Crippen molar-refractivity contribution in [1.29, 1.82) is 0 Å². The van der Waals surface area contributed by atoms with Crippen LogP contribution in [0.15, 0.2) is 47.6 Å². The second-order valence-electron chi connectivity index (χ2n) is 7.11. The highest BCUT2D eigenvalue weighted by atomic mass is 16.6. The van der Waals surface area contributed by atoms with E-state index in [1.165, 1.54) is 31.5 Å². The molecule has 1 fully saturated rings. The maximum Gasteiger partial charge on any atom is 0.269 e. The lowest BCUT2D eigenvalue weighted by molar-refractivity contribution is -0.384. The van der Waals surface area contributed by atoms with Crippen LogP contribution < -0.4 is 20.4 Å². The summed E-state index contributed by atoms with van der Waals surface area (Å²) < 4.78 is 10.5. The number of morpholine rings is 1. The van der Waals surface area contributed by atoms with E-state index in [0.717, 1.165) is 0 Å². The molecule has 13 nitrogen and oxygen atoms in total. The van der Waals surface area contributed by atoms with Crippen molar-refractivity contribution in [3.63, 3.8) is 0 Å². The van der Waals surface area contributed by atoms with Crippen LogP contribution in [0.5, 0.6) is 11.5 Å². The maximum absolute atomic E-state index is 10.9. The standard InChI is InChI=1S/C21H22N8O5/c1-33-18-12-14(2-7-17(18)30)13-22-27-20-24-19(23-15-3-5-16(6-4-15)29(31)32)25-21(26-20)28-8-10-34-11-9-28/h2-7,12-13,30H,8-11H2,1H3,(H2,23,24,25,26,27)/b22-13-. The van der Waals surface area contributed by atoms with Gasteiger partial charge in [0.2, 0.25) is 17.8 Å². The molecule has 4 rings (SSSR count). The number of nitrogens with zero attached hydrogens (tertiary/aromatic N) is 6. The van der Waals surface area contributed by atoms with Gasteiger partial charge in [0.05, 0.1) is 31.5 Å². The number of rotatable bonds is 8. The lowest BCUT2D eigenvalue weighted by Gasteiger charge is -2.27. The van der Waals surface area contributed by atoms with E-state index in [0.29, 0.717) is 49.3 Å². The fourth-order valence-electron chi connectivity index (χ4n) is 3.11. The Labute approximate surface area is 194 Å². The van der Waals surface area contributed by atoms with Crippen molar-refractivity contribution in [3.05, 3.63) is 58.1 Å². The highest BCUT2D eigenvalue weighted by molar-refractivity contribution is 5.81. The van der Waals surface area contributed by atoms with Crippen LogP contribution in [-0.4, -0.2) is 64.6 Å². The number of benzene rings is 2. The third-order valence-corrected chi connectivity index (χ3v) is 4.83. The molecule has 1 aliphatic rings. The van der Waals surface area contributed by atoms with E-state index in [9.17, 15) is 15.2 Å².